The third kappa shape index (κ3) is 6.97. The molecule has 5 rings (SSSR count). The number of tetrazole rings is 1. The van der Waals surface area contributed by atoms with Crippen LogP contribution >= 0.6 is 0 Å². The second-order valence-corrected chi connectivity index (χ2v) is 9.91. The van der Waals surface area contributed by atoms with Gasteiger partial charge >= 0.3 is 6.03 Å². The smallest absolute Gasteiger partial charge is 0.323 e. The van der Waals surface area contributed by atoms with Crippen molar-refractivity contribution in [2.45, 2.75) is 39.5 Å². The van der Waals surface area contributed by atoms with Crippen molar-refractivity contribution in [3.63, 3.8) is 0 Å². The molecule has 8 heteroatoms. The lowest BCUT2D eigenvalue weighted by molar-refractivity contribution is 0.262. The maximum atomic E-state index is 13.4. The average molecular weight is 547 g/mol. The molecule has 0 radical (unpaired) electrons. The number of aryl methyl sites for hydroxylation is 3. The minimum absolute atomic E-state index is 0.385. The van der Waals surface area contributed by atoms with Crippen LogP contribution < -0.4 is 15.4 Å². The molecule has 8 nitrogen and oxygen atoms in total. The van der Waals surface area contributed by atoms with Gasteiger partial charge in [-0.25, -0.2) is 9.89 Å². The molecule has 208 valence electrons. The molecule has 2 amide bonds. The summed E-state index contributed by atoms with van der Waals surface area (Å²) in [7, 11) is 0. The number of H-pyrrole nitrogens is 1. The van der Waals surface area contributed by atoms with Crippen molar-refractivity contribution in [2.75, 3.05) is 17.2 Å². The maximum absolute atomic E-state index is 13.4. The molecule has 4 aromatic carbocycles. The molecule has 1 aromatic heterocycles. The molecule has 0 aliphatic carbocycles. The maximum Gasteiger partial charge on any atom is 0.323 e. The molecule has 0 spiro atoms. The van der Waals surface area contributed by atoms with Crippen LogP contribution in [-0.4, -0.2) is 33.3 Å². The third-order valence-electron chi connectivity index (χ3n) is 6.78. The lowest BCUT2D eigenvalue weighted by atomic mass is 9.92. The number of hydrogen-bond acceptors (Lipinski definition) is 5. The van der Waals surface area contributed by atoms with Crippen LogP contribution in [0, 0.1) is 6.92 Å². The van der Waals surface area contributed by atoms with E-state index in [0.29, 0.717) is 35.1 Å². The minimum Gasteiger partial charge on any atom is -0.491 e. The van der Waals surface area contributed by atoms with Crippen LogP contribution in [0.5, 0.6) is 5.75 Å². The molecule has 0 atom stereocenters. The molecule has 0 aliphatic heterocycles. The zero-order valence-electron chi connectivity index (χ0n) is 23.4. The van der Waals surface area contributed by atoms with Gasteiger partial charge in [-0.1, -0.05) is 85.3 Å². The van der Waals surface area contributed by atoms with Gasteiger partial charge in [0, 0.05) is 5.69 Å². The van der Waals surface area contributed by atoms with Crippen LogP contribution in [-0.2, 0) is 12.8 Å². The van der Waals surface area contributed by atoms with E-state index in [1.807, 2.05) is 67.6 Å². The van der Waals surface area contributed by atoms with E-state index in [4.69, 9.17) is 4.74 Å². The fraction of sp³-hybridized carbons (Fsp3) is 0.212. The number of carbonyl (C=O) groups excluding carboxylic acids is 1. The minimum atomic E-state index is -0.385. The summed E-state index contributed by atoms with van der Waals surface area (Å²) in [5.74, 6) is 1.07. The highest BCUT2D eigenvalue weighted by Gasteiger charge is 2.25. The molecule has 0 unspecified atom stereocenters. The second kappa shape index (κ2) is 13.4. The monoisotopic (exact) mass is 546 g/mol. The quantitative estimate of drug-likeness (QED) is 0.160. The molecule has 0 bridgehead atoms. The van der Waals surface area contributed by atoms with Crippen LogP contribution in [0.2, 0.25) is 0 Å². The van der Waals surface area contributed by atoms with Crippen LogP contribution in [0.1, 0.15) is 36.5 Å². The van der Waals surface area contributed by atoms with E-state index >= 15 is 0 Å². The van der Waals surface area contributed by atoms with Gasteiger partial charge in [0.05, 0.1) is 17.9 Å². The van der Waals surface area contributed by atoms with Gasteiger partial charge in [-0.05, 0) is 83.5 Å². The number of aromatic nitrogens is 4. The number of carbonyl (C=O) groups is 1. The molecule has 5 aromatic rings. The van der Waals surface area contributed by atoms with Crippen molar-refractivity contribution >= 4 is 17.4 Å². The molecule has 1 heterocycles. The molecule has 0 fully saturated rings. The van der Waals surface area contributed by atoms with E-state index in [0.717, 1.165) is 47.9 Å². The second-order valence-electron chi connectivity index (χ2n) is 9.91. The number of nitrogens with zero attached hydrogens (tertiary/aromatic N) is 3. The highest BCUT2D eigenvalue weighted by molar-refractivity contribution is 6.06. The normalized spacial score (nSPS) is 10.8. The van der Waals surface area contributed by atoms with Crippen LogP contribution in [0.25, 0.3) is 22.5 Å². The van der Waals surface area contributed by atoms with E-state index < -0.39 is 0 Å². The molecule has 0 saturated carbocycles. The van der Waals surface area contributed by atoms with Gasteiger partial charge in [0.1, 0.15) is 5.75 Å². The van der Waals surface area contributed by atoms with Gasteiger partial charge in [0.15, 0.2) is 5.82 Å². The Kier molecular flexibility index (Phi) is 9.01. The molecular formula is C33H34N6O2. The number of aromatic amines is 1. The molecule has 0 saturated heterocycles. The molecular weight excluding hydrogens is 512 g/mol. The Morgan fingerprint density at radius 1 is 0.902 bits per heavy atom. The first kappa shape index (κ1) is 27.6. The summed E-state index contributed by atoms with van der Waals surface area (Å²) in [4.78, 5) is 13.4. The highest BCUT2D eigenvalue weighted by atomic mass is 16.5. The Balaban J connectivity index is 1.61. The Morgan fingerprint density at radius 2 is 1.63 bits per heavy atom. The van der Waals surface area contributed by atoms with E-state index in [9.17, 15) is 4.79 Å². The number of amides is 2. The van der Waals surface area contributed by atoms with E-state index in [1.54, 1.807) is 0 Å². The number of hydrogen-bond donors (Lipinski definition) is 3. The molecule has 41 heavy (non-hydrogen) atoms. The van der Waals surface area contributed by atoms with Gasteiger partial charge < -0.3 is 15.4 Å². The zero-order valence-corrected chi connectivity index (χ0v) is 23.4. The Bertz CT molecular complexity index is 1550. The van der Waals surface area contributed by atoms with Gasteiger partial charge in [0.2, 0.25) is 0 Å². The zero-order chi connectivity index (χ0) is 28.4. The van der Waals surface area contributed by atoms with Crippen molar-refractivity contribution in [2.24, 2.45) is 0 Å². The summed E-state index contributed by atoms with van der Waals surface area (Å²) in [5, 5.41) is 20.9. The van der Waals surface area contributed by atoms with Gasteiger partial charge in [-0.15, -0.1) is 5.10 Å². The average Bonchev–Trinajstić information content (AvgIpc) is 3.53. The van der Waals surface area contributed by atoms with Gasteiger partial charge in [-0.2, -0.15) is 0 Å². The van der Waals surface area contributed by atoms with E-state index in [-0.39, 0.29) is 6.03 Å². The number of nitrogens with one attached hydrogen (secondary N) is 3. The standard InChI is InChI=1S/C33H34N6O2/c1-3-21-41-31-26(16-10-13-24-11-6-4-7-12-24)22-28(25-14-8-5-9-15-25)29(32-36-38-39-37-32)30(31)35-33(40)34-27-19-17-23(2)18-20-27/h4-9,11-12,14-15,17-20,22H,3,10,13,16,21H2,1-2H3,(H2,34,35,40)(H,36,37,38,39). The fourth-order valence-electron chi connectivity index (χ4n) is 4.79. The summed E-state index contributed by atoms with van der Waals surface area (Å²) in [6.45, 7) is 4.57. The van der Waals surface area contributed by atoms with Gasteiger partial charge in [-0.3, -0.25) is 0 Å². The SMILES string of the molecule is CCCOc1c(CCCc2ccccc2)cc(-c2ccccc2)c(-c2nnn[nH]2)c1NC(=O)Nc1ccc(C)cc1. The van der Waals surface area contributed by atoms with Crippen molar-refractivity contribution in [1.29, 1.82) is 0 Å². The summed E-state index contributed by atoms with van der Waals surface area (Å²) in [6.07, 6.45) is 3.42. The number of ether oxygens (including phenoxy) is 1. The lowest BCUT2D eigenvalue weighted by Crippen LogP contribution is -2.21. The lowest BCUT2D eigenvalue weighted by Gasteiger charge is -2.22. The van der Waals surface area contributed by atoms with Crippen molar-refractivity contribution < 1.29 is 9.53 Å². The number of benzene rings is 4. The number of urea groups is 1. The predicted molar refractivity (Wildman–Crippen MR) is 163 cm³/mol. The Hall–Kier alpha value is -4.98. The largest absolute Gasteiger partial charge is 0.491 e. The Labute approximate surface area is 240 Å². The Morgan fingerprint density at radius 3 is 2.32 bits per heavy atom. The third-order valence-corrected chi connectivity index (χ3v) is 6.78. The number of anilines is 2. The van der Waals surface area contributed by atoms with E-state index in [2.05, 4.69) is 68.5 Å². The number of rotatable bonds is 11. The summed E-state index contributed by atoms with van der Waals surface area (Å²) >= 11 is 0. The highest BCUT2D eigenvalue weighted by Crippen LogP contribution is 2.45. The van der Waals surface area contributed by atoms with E-state index in [1.165, 1.54) is 5.56 Å². The van der Waals surface area contributed by atoms with Crippen LogP contribution in [0.4, 0.5) is 16.2 Å². The topological polar surface area (TPSA) is 105 Å². The fourth-order valence-corrected chi connectivity index (χ4v) is 4.79. The first-order valence-corrected chi connectivity index (χ1v) is 13.9. The van der Waals surface area contributed by atoms with Crippen molar-refractivity contribution in [1.82, 2.24) is 20.6 Å². The predicted octanol–water partition coefficient (Wildman–Crippen LogP) is 7.45. The summed E-state index contributed by atoms with van der Waals surface area (Å²) < 4.78 is 6.39. The van der Waals surface area contributed by atoms with Gasteiger partial charge in [0.25, 0.3) is 0 Å². The summed E-state index contributed by atoms with van der Waals surface area (Å²) in [6, 6.07) is 29.9. The van der Waals surface area contributed by atoms with Crippen LogP contribution in [0.15, 0.2) is 91.0 Å². The van der Waals surface area contributed by atoms with Crippen LogP contribution in [0.3, 0.4) is 0 Å². The molecule has 0 aliphatic rings. The summed E-state index contributed by atoms with van der Waals surface area (Å²) in [5.41, 5.74) is 7.16. The van der Waals surface area contributed by atoms with Crippen molar-refractivity contribution in [3.05, 3.63) is 108 Å². The first-order valence-electron chi connectivity index (χ1n) is 13.9. The first-order chi connectivity index (χ1) is 20.1. The molecule has 3 N–H and O–H groups in total. The van der Waals surface area contributed by atoms with Crippen molar-refractivity contribution in [3.8, 4) is 28.3 Å².